The van der Waals surface area contributed by atoms with Gasteiger partial charge in [0.15, 0.2) is 11.5 Å². The summed E-state index contributed by atoms with van der Waals surface area (Å²) in [7, 11) is 4.88. The Bertz CT molecular complexity index is 811. The number of methoxy groups -OCH3 is 2. The van der Waals surface area contributed by atoms with Crippen LogP contribution in [0, 0.1) is 17.8 Å². The van der Waals surface area contributed by atoms with Crippen LogP contribution in [0.1, 0.15) is 58.4 Å². The first-order valence-electron chi connectivity index (χ1n) is 13.3. The summed E-state index contributed by atoms with van der Waals surface area (Å²) >= 11 is 0. The highest BCUT2D eigenvalue weighted by molar-refractivity contribution is 5.85. The first-order valence-corrected chi connectivity index (χ1v) is 13.3. The van der Waals surface area contributed by atoms with Crippen LogP contribution in [0.5, 0.6) is 11.5 Å². The maximum absolute atomic E-state index is 12.4. The van der Waals surface area contributed by atoms with Crippen molar-refractivity contribution in [2.24, 2.45) is 23.5 Å². The Labute approximate surface area is 235 Å². The van der Waals surface area contributed by atoms with E-state index in [4.69, 9.17) is 19.9 Å². The molecule has 1 rings (SSSR count). The Hall–Kier alpha value is -2.07. The third kappa shape index (κ3) is 13.6. The van der Waals surface area contributed by atoms with E-state index in [0.717, 1.165) is 18.4 Å². The SMILES string of the molecule is CNC(=O)CCCNC(=O)C(C)CC(O)C(N)CC(Cc1ccc(OC)c(OCCCOC)c1)C(C)C.Cl. The second-order valence-electron chi connectivity index (χ2n) is 10.1. The lowest BCUT2D eigenvalue weighted by Gasteiger charge is -2.28. The molecule has 0 radical (unpaired) electrons. The van der Waals surface area contributed by atoms with Crippen LogP contribution in [-0.2, 0) is 20.7 Å². The average Bonchev–Trinajstić information content (AvgIpc) is 2.88. The van der Waals surface area contributed by atoms with Gasteiger partial charge in [-0.2, -0.15) is 0 Å². The third-order valence-electron chi connectivity index (χ3n) is 6.69. The van der Waals surface area contributed by atoms with Gasteiger partial charge in [-0.15, -0.1) is 12.4 Å². The summed E-state index contributed by atoms with van der Waals surface area (Å²) in [4.78, 5) is 23.7. The van der Waals surface area contributed by atoms with Crippen LogP contribution in [0.25, 0.3) is 0 Å². The monoisotopic (exact) mass is 559 g/mol. The molecule has 10 heteroatoms. The van der Waals surface area contributed by atoms with Gasteiger partial charge in [-0.05, 0) is 55.2 Å². The molecular formula is C28H50ClN3O6. The maximum Gasteiger partial charge on any atom is 0.222 e. The van der Waals surface area contributed by atoms with Gasteiger partial charge < -0.3 is 35.7 Å². The minimum absolute atomic E-state index is 0. The van der Waals surface area contributed by atoms with Gasteiger partial charge in [-0.1, -0.05) is 26.8 Å². The van der Waals surface area contributed by atoms with Gasteiger partial charge in [0.2, 0.25) is 11.8 Å². The zero-order valence-electron chi connectivity index (χ0n) is 24.0. The van der Waals surface area contributed by atoms with E-state index in [2.05, 4.69) is 24.5 Å². The van der Waals surface area contributed by atoms with Gasteiger partial charge in [0, 0.05) is 52.1 Å². The minimum atomic E-state index is -0.789. The third-order valence-corrected chi connectivity index (χ3v) is 6.69. The number of carbonyl (C=O) groups is 2. The first kappa shape index (κ1) is 35.9. The summed E-state index contributed by atoms with van der Waals surface area (Å²) in [5.41, 5.74) is 7.53. The molecule has 4 atom stereocenters. The van der Waals surface area contributed by atoms with Gasteiger partial charge in [0.05, 0.1) is 19.8 Å². The van der Waals surface area contributed by atoms with Crippen LogP contribution >= 0.6 is 12.4 Å². The number of amides is 2. The van der Waals surface area contributed by atoms with Crippen molar-refractivity contribution in [3.8, 4) is 11.5 Å². The smallest absolute Gasteiger partial charge is 0.222 e. The Morgan fingerprint density at radius 2 is 1.76 bits per heavy atom. The van der Waals surface area contributed by atoms with Crippen LogP contribution in [-0.4, -0.2) is 70.1 Å². The molecule has 0 bridgehead atoms. The summed E-state index contributed by atoms with van der Waals surface area (Å²) in [6.07, 6.45) is 2.65. The molecule has 0 aliphatic rings. The normalized spacial score (nSPS) is 14.1. The second-order valence-corrected chi connectivity index (χ2v) is 10.1. The Morgan fingerprint density at radius 1 is 1.05 bits per heavy atom. The van der Waals surface area contributed by atoms with Crippen LogP contribution in [0.15, 0.2) is 18.2 Å². The fraction of sp³-hybridized carbons (Fsp3) is 0.714. The number of carbonyl (C=O) groups excluding carboxylic acids is 2. The number of halogens is 1. The van der Waals surface area contributed by atoms with Crippen molar-refractivity contribution in [2.75, 3.05) is 41.0 Å². The number of ether oxygens (including phenoxy) is 3. The maximum atomic E-state index is 12.4. The van der Waals surface area contributed by atoms with Crippen LogP contribution in [0.4, 0.5) is 0 Å². The van der Waals surface area contributed by atoms with Gasteiger partial charge >= 0.3 is 0 Å². The number of benzene rings is 1. The van der Waals surface area contributed by atoms with Gasteiger partial charge in [0.1, 0.15) is 0 Å². The van der Waals surface area contributed by atoms with Crippen molar-refractivity contribution in [3.63, 3.8) is 0 Å². The predicted octanol–water partition coefficient (Wildman–Crippen LogP) is 3.09. The van der Waals surface area contributed by atoms with Crippen molar-refractivity contribution in [1.82, 2.24) is 10.6 Å². The molecule has 0 aliphatic carbocycles. The number of rotatable bonds is 19. The lowest BCUT2D eigenvalue weighted by molar-refractivity contribution is -0.126. The van der Waals surface area contributed by atoms with E-state index in [0.29, 0.717) is 56.4 Å². The quantitative estimate of drug-likeness (QED) is 0.191. The van der Waals surface area contributed by atoms with E-state index in [9.17, 15) is 14.7 Å². The molecule has 0 spiro atoms. The van der Waals surface area contributed by atoms with Crippen molar-refractivity contribution in [1.29, 1.82) is 0 Å². The molecule has 1 aromatic rings. The second kappa shape index (κ2) is 19.9. The molecule has 2 amide bonds. The van der Waals surface area contributed by atoms with Gasteiger partial charge in [0.25, 0.3) is 0 Å². The fourth-order valence-electron chi connectivity index (χ4n) is 4.15. The van der Waals surface area contributed by atoms with Gasteiger partial charge in [-0.3, -0.25) is 9.59 Å². The zero-order chi connectivity index (χ0) is 27.8. The molecule has 0 aromatic heterocycles. The Balaban J connectivity index is 0.0000137. The van der Waals surface area contributed by atoms with Gasteiger partial charge in [-0.25, -0.2) is 0 Å². The summed E-state index contributed by atoms with van der Waals surface area (Å²) in [5, 5.41) is 16.2. The molecule has 38 heavy (non-hydrogen) atoms. The predicted molar refractivity (Wildman–Crippen MR) is 153 cm³/mol. The highest BCUT2D eigenvalue weighted by Crippen LogP contribution is 2.31. The summed E-state index contributed by atoms with van der Waals surface area (Å²) in [6, 6.07) is 5.52. The average molecular weight is 560 g/mol. The van der Waals surface area contributed by atoms with E-state index < -0.39 is 12.1 Å². The number of aliphatic hydroxyl groups excluding tert-OH is 1. The number of nitrogens with one attached hydrogen (secondary N) is 2. The molecule has 0 heterocycles. The molecular weight excluding hydrogens is 510 g/mol. The molecule has 0 aliphatic heterocycles. The highest BCUT2D eigenvalue weighted by atomic mass is 35.5. The molecule has 0 saturated heterocycles. The molecule has 9 nitrogen and oxygen atoms in total. The number of aliphatic hydroxyl groups is 1. The molecule has 1 aromatic carbocycles. The standard InChI is InChI=1S/C28H49N3O6.ClH/c1-19(2)22(16-21-10-11-25(36-6)26(17-21)37-14-8-13-35-5)18-23(29)24(32)15-20(3)28(34)31-12-7-9-27(33)30-4;/h10-11,17,19-20,22-24,32H,7-9,12-16,18,29H2,1-6H3,(H,30,33)(H,31,34);1H. The Kier molecular flexibility index (Phi) is 18.8. The van der Waals surface area contributed by atoms with Crippen molar-refractivity contribution in [3.05, 3.63) is 23.8 Å². The summed E-state index contributed by atoms with van der Waals surface area (Å²) in [6.45, 7) is 7.70. The van der Waals surface area contributed by atoms with Crippen LogP contribution < -0.4 is 25.8 Å². The minimum Gasteiger partial charge on any atom is -0.493 e. The lowest BCUT2D eigenvalue weighted by atomic mass is 9.82. The molecule has 0 saturated carbocycles. The van der Waals surface area contributed by atoms with Crippen LogP contribution in [0.2, 0.25) is 0 Å². The summed E-state index contributed by atoms with van der Waals surface area (Å²) < 4.78 is 16.5. The van der Waals surface area contributed by atoms with E-state index in [1.165, 1.54) is 0 Å². The van der Waals surface area contributed by atoms with Crippen LogP contribution in [0.3, 0.4) is 0 Å². The number of nitrogens with two attached hydrogens (primary N) is 1. The van der Waals surface area contributed by atoms with E-state index in [1.54, 1.807) is 28.2 Å². The van der Waals surface area contributed by atoms with E-state index in [1.807, 2.05) is 18.2 Å². The largest absolute Gasteiger partial charge is 0.493 e. The lowest BCUT2D eigenvalue weighted by Crippen LogP contribution is -2.41. The molecule has 4 unspecified atom stereocenters. The zero-order valence-corrected chi connectivity index (χ0v) is 24.8. The van der Waals surface area contributed by atoms with Crippen molar-refractivity contribution >= 4 is 24.2 Å². The first-order chi connectivity index (χ1) is 17.6. The number of hydrogen-bond donors (Lipinski definition) is 4. The van der Waals surface area contributed by atoms with E-state index in [-0.39, 0.29) is 42.5 Å². The topological polar surface area (TPSA) is 132 Å². The van der Waals surface area contributed by atoms with Crippen molar-refractivity contribution < 1.29 is 28.9 Å². The summed E-state index contributed by atoms with van der Waals surface area (Å²) in [5.74, 6) is 1.43. The Morgan fingerprint density at radius 3 is 2.37 bits per heavy atom. The molecule has 5 N–H and O–H groups in total. The highest BCUT2D eigenvalue weighted by Gasteiger charge is 2.26. The number of hydrogen-bond acceptors (Lipinski definition) is 7. The van der Waals surface area contributed by atoms with E-state index >= 15 is 0 Å². The molecule has 220 valence electrons. The molecule has 0 fully saturated rings. The fourth-order valence-corrected chi connectivity index (χ4v) is 4.15. The van der Waals surface area contributed by atoms with Crippen molar-refractivity contribution in [2.45, 2.75) is 71.4 Å².